The lowest BCUT2D eigenvalue weighted by atomic mass is 10.1. The molecule has 0 saturated carbocycles. The van der Waals surface area contributed by atoms with Crippen LogP contribution >= 0.6 is 0 Å². The average molecular weight is 267 g/mol. The van der Waals surface area contributed by atoms with E-state index in [1.165, 1.54) is 6.07 Å². The van der Waals surface area contributed by atoms with Crippen molar-refractivity contribution in [3.05, 3.63) is 18.0 Å². The van der Waals surface area contributed by atoms with Crippen molar-refractivity contribution in [1.29, 1.82) is 0 Å². The van der Waals surface area contributed by atoms with Gasteiger partial charge < -0.3 is 20.4 Å². The van der Waals surface area contributed by atoms with Gasteiger partial charge in [-0.2, -0.15) is 0 Å². The van der Waals surface area contributed by atoms with Crippen LogP contribution in [0.2, 0.25) is 0 Å². The molecule has 1 heterocycles. The van der Waals surface area contributed by atoms with Gasteiger partial charge >= 0.3 is 5.97 Å². The number of hydrogen-bond acceptors (Lipinski definition) is 4. The predicted molar refractivity (Wildman–Crippen MR) is 72.6 cm³/mol. The summed E-state index contributed by atoms with van der Waals surface area (Å²) >= 11 is 0. The third-order valence-corrected chi connectivity index (χ3v) is 2.61. The first kappa shape index (κ1) is 15.1. The number of anilines is 1. The molecule has 0 bridgehead atoms. The van der Waals surface area contributed by atoms with Gasteiger partial charge in [0.05, 0.1) is 5.69 Å². The molecule has 0 atom stereocenters. The molecule has 3 N–H and O–H groups in total. The Balaban J connectivity index is 2.34. The van der Waals surface area contributed by atoms with Crippen molar-refractivity contribution < 1.29 is 14.3 Å². The zero-order valence-electron chi connectivity index (χ0n) is 11.6. The summed E-state index contributed by atoms with van der Waals surface area (Å²) in [5.41, 5.74) is 6.37. The fourth-order valence-corrected chi connectivity index (χ4v) is 1.55. The smallest absolute Gasteiger partial charge is 0.355 e. The second kappa shape index (κ2) is 6.82. The lowest BCUT2D eigenvalue weighted by molar-refractivity contribution is -0.124. The number of nitrogens with two attached hydrogens (primary N) is 1. The van der Waals surface area contributed by atoms with Gasteiger partial charge in [-0.05, 0) is 18.4 Å². The minimum atomic E-state index is -0.557. The number of esters is 1. The van der Waals surface area contributed by atoms with Crippen LogP contribution in [0.15, 0.2) is 12.3 Å². The van der Waals surface area contributed by atoms with E-state index in [9.17, 15) is 9.59 Å². The highest BCUT2D eigenvalue weighted by Gasteiger charge is 2.14. The van der Waals surface area contributed by atoms with Gasteiger partial charge in [0.1, 0.15) is 5.69 Å². The van der Waals surface area contributed by atoms with E-state index in [0.29, 0.717) is 23.8 Å². The van der Waals surface area contributed by atoms with Crippen LogP contribution in [0.25, 0.3) is 0 Å². The van der Waals surface area contributed by atoms with E-state index >= 15 is 0 Å². The Hall–Kier alpha value is -1.98. The summed E-state index contributed by atoms with van der Waals surface area (Å²) < 4.78 is 6.48. The van der Waals surface area contributed by atoms with E-state index < -0.39 is 5.97 Å². The first-order valence-electron chi connectivity index (χ1n) is 6.25. The van der Waals surface area contributed by atoms with Gasteiger partial charge in [0, 0.05) is 19.8 Å². The standard InChI is InChI=1S/C13H21N3O3/c1-9(2)4-5-15-12(17)8-19-13(18)11-6-10(14)7-16(11)3/h6-7,9H,4-5,8,14H2,1-3H3,(H,15,17). The average Bonchev–Trinajstić information content (AvgIpc) is 2.65. The molecule has 1 aromatic heterocycles. The van der Waals surface area contributed by atoms with Crippen LogP contribution in [0.1, 0.15) is 30.8 Å². The van der Waals surface area contributed by atoms with Crippen LogP contribution in [0.4, 0.5) is 5.69 Å². The quantitative estimate of drug-likeness (QED) is 0.751. The fraction of sp³-hybridized carbons (Fsp3) is 0.538. The molecule has 1 rings (SSSR count). The highest BCUT2D eigenvalue weighted by molar-refractivity contribution is 5.91. The van der Waals surface area contributed by atoms with Crippen LogP contribution in [0.3, 0.4) is 0 Å². The highest BCUT2D eigenvalue weighted by atomic mass is 16.5. The van der Waals surface area contributed by atoms with E-state index in [1.54, 1.807) is 17.8 Å². The molecule has 1 aromatic rings. The summed E-state index contributed by atoms with van der Waals surface area (Å²) in [5, 5.41) is 2.69. The molecule has 106 valence electrons. The van der Waals surface area contributed by atoms with Gasteiger partial charge in [-0.3, -0.25) is 4.79 Å². The van der Waals surface area contributed by atoms with Crippen LogP contribution in [-0.4, -0.2) is 29.6 Å². The van der Waals surface area contributed by atoms with Crippen molar-refractivity contribution >= 4 is 17.6 Å². The minimum Gasteiger partial charge on any atom is -0.451 e. The van der Waals surface area contributed by atoms with Crippen LogP contribution in [0, 0.1) is 5.92 Å². The normalized spacial score (nSPS) is 10.5. The van der Waals surface area contributed by atoms with Gasteiger partial charge in [-0.1, -0.05) is 13.8 Å². The number of nitrogen functional groups attached to an aromatic ring is 1. The predicted octanol–water partition coefficient (Wildman–Crippen LogP) is 0.926. The molecule has 0 radical (unpaired) electrons. The molecule has 0 fully saturated rings. The maximum atomic E-state index is 11.7. The monoisotopic (exact) mass is 267 g/mol. The number of ether oxygens (including phenoxy) is 1. The number of rotatable bonds is 6. The number of carbonyl (C=O) groups excluding carboxylic acids is 2. The van der Waals surface area contributed by atoms with Crippen molar-refractivity contribution in [3.8, 4) is 0 Å². The van der Waals surface area contributed by atoms with Crippen molar-refractivity contribution in [1.82, 2.24) is 9.88 Å². The first-order valence-corrected chi connectivity index (χ1v) is 6.25. The van der Waals surface area contributed by atoms with Gasteiger partial charge in [0.25, 0.3) is 5.91 Å². The SMILES string of the molecule is CC(C)CCNC(=O)COC(=O)c1cc(N)cn1C. The third kappa shape index (κ3) is 5.03. The Morgan fingerprint density at radius 1 is 1.47 bits per heavy atom. The number of amides is 1. The van der Waals surface area contributed by atoms with Crippen LogP contribution < -0.4 is 11.1 Å². The van der Waals surface area contributed by atoms with Crippen molar-refractivity contribution in [3.63, 3.8) is 0 Å². The Morgan fingerprint density at radius 3 is 2.68 bits per heavy atom. The molecule has 19 heavy (non-hydrogen) atoms. The zero-order chi connectivity index (χ0) is 14.4. The highest BCUT2D eigenvalue weighted by Crippen LogP contribution is 2.09. The Bertz CT molecular complexity index is 452. The second-order valence-corrected chi connectivity index (χ2v) is 4.88. The Kier molecular flexibility index (Phi) is 5.41. The molecule has 6 heteroatoms. The topological polar surface area (TPSA) is 86.3 Å². The van der Waals surface area contributed by atoms with Crippen molar-refractivity contribution in [2.75, 3.05) is 18.9 Å². The Labute approximate surface area is 112 Å². The summed E-state index contributed by atoms with van der Waals surface area (Å²) in [4.78, 5) is 23.1. The largest absolute Gasteiger partial charge is 0.451 e. The molecule has 0 aliphatic rings. The third-order valence-electron chi connectivity index (χ3n) is 2.61. The molecule has 0 aromatic carbocycles. The number of carbonyl (C=O) groups is 2. The molecule has 0 aliphatic heterocycles. The maximum absolute atomic E-state index is 11.7. The number of aromatic nitrogens is 1. The zero-order valence-corrected chi connectivity index (χ0v) is 11.6. The number of aryl methyl sites for hydroxylation is 1. The van der Waals surface area contributed by atoms with E-state index in [4.69, 9.17) is 10.5 Å². The second-order valence-electron chi connectivity index (χ2n) is 4.88. The fourth-order valence-electron chi connectivity index (χ4n) is 1.55. The van der Waals surface area contributed by atoms with Gasteiger partial charge in [-0.25, -0.2) is 4.79 Å². The summed E-state index contributed by atoms with van der Waals surface area (Å²) in [6.07, 6.45) is 2.51. The van der Waals surface area contributed by atoms with E-state index in [1.807, 2.05) is 0 Å². The molecular weight excluding hydrogens is 246 g/mol. The summed E-state index contributed by atoms with van der Waals surface area (Å²) in [7, 11) is 1.69. The molecule has 0 aliphatic carbocycles. The first-order chi connectivity index (χ1) is 8.90. The Morgan fingerprint density at radius 2 is 2.16 bits per heavy atom. The number of nitrogens with one attached hydrogen (secondary N) is 1. The van der Waals surface area contributed by atoms with Gasteiger partial charge in [-0.15, -0.1) is 0 Å². The molecule has 0 saturated heterocycles. The van der Waals surface area contributed by atoms with Crippen molar-refractivity contribution in [2.24, 2.45) is 13.0 Å². The lowest BCUT2D eigenvalue weighted by Crippen LogP contribution is -2.30. The van der Waals surface area contributed by atoms with Crippen LogP contribution in [-0.2, 0) is 16.6 Å². The van der Waals surface area contributed by atoms with E-state index in [2.05, 4.69) is 19.2 Å². The number of hydrogen-bond donors (Lipinski definition) is 2. The number of nitrogens with zero attached hydrogens (tertiary/aromatic N) is 1. The van der Waals surface area contributed by atoms with E-state index in [-0.39, 0.29) is 12.5 Å². The van der Waals surface area contributed by atoms with Crippen LogP contribution in [0.5, 0.6) is 0 Å². The molecule has 6 nitrogen and oxygen atoms in total. The van der Waals surface area contributed by atoms with Gasteiger partial charge in [0.2, 0.25) is 0 Å². The summed E-state index contributed by atoms with van der Waals surface area (Å²) in [6.45, 7) is 4.46. The van der Waals surface area contributed by atoms with Crippen molar-refractivity contribution in [2.45, 2.75) is 20.3 Å². The molecule has 1 amide bonds. The molecular formula is C13H21N3O3. The summed E-state index contributed by atoms with van der Waals surface area (Å²) in [6, 6.07) is 1.51. The summed E-state index contributed by atoms with van der Waals surface area (Å²) in [5.74, 6) is -0.330. The molecule has 0 spiro atoms. The maximum Gasteiger partial charge on any atom is 0.355 e. The minimum absolute atomic E-state index is 0.276. The van der Waals surface area contributed by atoms with Gasteiger partial charge in [0.15, 0.2) is 6.61 Å². The van der Waals surface area contributed by atoms with E-state index in [0.717, 1.165) is 6.42 Å². The lowest BCUT2D eigenvalue weighted by Gasteiger charge is -2.08. The molecule has 0 unspecified atom stereocenters.